The lowest BCUT2D eigenvalue weighted by Crippen LogP contribution is -2.66. The number of rotatable bonds is 25. The Labute approximate surface area is 233 Å². The van der Waals surface area contributed by atoms with Crippen LogP contribution in [0.25, 0.3) is 0 Å². The van der Waals surface area contributed by atoms with Gasteiger partial charge in [-0.1, -0.05) is 105 Å². The molecule has 0 rings (SSSR count). The van der Waals surface area contributed by atoms with Crippen molar-refractivity contribution in [1.82, 2.24) is 4.90 Å². The molecule has 0 aliphatic rings. The molecule has 38 heavy (non-hydrogen) atoms. The number of ether oxygens (including phenoxy) is 2. The van der Waals surface area contributed by atoms with Crippen molar-refractivity contribution in [2.45, 2.75) is 143 Å². The van der Waals surface area contributed by atoms with Crippen molar-refractivity contribution < 1.29 is 29.6 Å². The molecule has 3 N–H and O–H groups in total. The van der Waals surface area contributed by atoms with Gasteiger partial charge in [0.2, 0.25) is 0 Å². The topological polar surface area (TPSA) is 101 Å². The Morgan fingerprint density at radius 3 is 1.18 bits per heavy atom. The molecule has 0 aromatic carbocycles. The lowest BCUT2D eigenvalue weighted by molar-refractivity contribution is -0.400. The fourth-order valence-corrected chi connectivity index (χ4v) is 4.72. The van der Waals surface area contributed by atoms with Crippen LogP contribution >= 0.6 is 0 Å². The van der Waals surface area contributed by atoms with Crippen LogP contribution in [0.2, 0.25) is 0 Å². The normalized spacial score (nSPS) is 12.1. The standard InChI is InChI=1S/C31H60N2O5/c1-6-10-14-18-27(19-15-11-7-2)30(35)37-24-22-33(29(34)26(5)32)23-25-38-31(36)28(20-16-12-8-3)21-17-13-9-4/h26-28H,6-25,32H2,1-5H3/p+1. The summed E-state index contributed by atoms with van der Waals surface area (Å²) in [6.07, 6.45) is 16.6. The smallest absolute Gasteiger partial charge is 0.308 e. The molecule has 0 aromatic rings. The summed E-state index contributed by atoms with van der Waals surface area (Å²) in [4.78, 5) is 40.0. The summed E-state index contributed by atoms with van der Waals surface area (Å²) in [5.74, 6) is -0.562. The SMILES string of the molecule is CCCCCC(CCCCC)C(=O)OCCN(CCOC(=O)C(CCCCC)CCCCC)C(=O)C(C)[NH3+]. The molecule has 0 aromatic heterocycles. The highest BCUT2D eigenvalue weighted by atomic mass is 16.5. The Hall–Kier alpha value is -1.63. The summed E-state index contributed by atoms with van der Waals surface area (Å²) < 4.78 is 11.3. The third-order valence-corrected chi connectivity index (χ3v) is 7.24. The zero-order chi connectivity index (χ0) is 28.6. The van der Waals surface area contributed by atoms with Crippen LogP contribution in [0.3, 0.4) is 0 Å². The van der Waals surface area contributed by atoms with Gasteiger partial charge in [0.25, 0.3) is 5.91 Å². The lowest BCUT2D eigenvalue weighted by Gasteiger charge is -2.24. The van der Waals surface area contributed by atoms with Crippen molar-refractivity contribution >= 4 is 17.8 Å². The summed E-state index contributed by atoms with van der Waals surface area (Å²) in [6, 6.07) is -0.423. The highest BCUT2D eigenvalue weighted by molar-refractivity contribution is 5.80. The molecule has 1 amide bonds. The number of hydrogen-bond acceptors (Lipinski definition) is 5. The predicted molar refractivity (Wildman–Crippen MR) is 154 cm³/mol. The molecule has 0 saturated carbocycles. The lowest BCUT2D eigenvalue weighted by atomic mass is 9.95. The van der Waals surface area contributed by atoms with Gasteiger partial charge in [0.15, 0.2) is 6.04 Å². The summed E-state index contributed by atoms with van der Waals surface area (Å²) >= 11 is 0. The first-order valence-corrected chi connectivity index (χ1v) is 15.8. The van der Waals surface area contributed by atoms with E-state index in [0.29, 0.717) is 0 Å². The van der Waals surface area contributed by atoms with Gasteiger partial charge in [-0.25, -0.2) is 0 Å². The maximum absolute atomic E-state index is 12.8. The molecule has 1 unspecified atom stereocenters. The van der Waals surface area contributed by atoms with Crippen LogP contribution < -0.4 is 5.73 Å². The molecule has 0 aliphatic carbocycles. The first kappa shape index (κ1) is 36.4. The molecule has 0 bridgehead atoms. The molecule has 0 heterocycles. The van der Waals surface area contributed by atoms with Gasteiger partial charge in [-0.3, -0.25) is 14.4 Å². The molecule has 0 spiro atoms. The van der Waals surface area contributed by atoms with Gasteiger partial charge in [0.1, 0.15) is 13.2 Å². The average Bonchev–Trinajstić information content (AvgIpc) is 2.90. The number of hydrogen-bond donors (Lipinski definition) is 1. The van der Waals surface area contributed by atoms with E-state index in [1.165, 1.54) is 0 Å². The van der Waals surface area contributed by atoms with Gasteiger partial charge >= 0.3 is 11.9 Å². The van der Waals surface area contributed by atoms with Gasteiger partial charge < -0.3 is 20.1 Å². The number of carbonyl (C=O) groups is 3. The predicted octanol–water partition coefficient (Wildman–Crippen LogP) is 6.09. The first-order chi connectivity index (χ1) is 18.3. The van der Waals surface area contributed by atoms with Crippen LogP contribution in [-0.4, -0.2) is 55.1 Å². The Bertz CT molecular complexity index is 549. The largest absolute Gasteiger partial charge is 0.464 e. The molecular weight excluding hydrogens is 480 g/mol. The minimum absolute atomic E-state index is 0.0673. The summed E-state index contributed by atoms with van der Waals surface area (Å²) in [5.41, 5.74) is 3.86. The van der Waals surface area contributed by atoms with E-state index in [0.717, 1.165) is 103 Å². The third kappa shape index (κ3) is 17.8. The van der Waals surface area contributed by atoms with Crippen molar-refractivity contribution in [3.05, 3.63) is 0 Å². The van der Waals surface area contributed by atoms with Crippen LogP contribution in [0.15, 0.2) is 0 Å². The minimum Gasteiger partial charge on any atom is -0.464 e. The highest BCUT2D eigenvalue weighted by Gasteiger charge is 2.24. The molecule has 0 saturated heterocycles. The average molecular weight is 542 g/mol. The zero-order valence-electron chi connectivity index (χ0n) is 25.6. The molecular formula is C31H61N2O5+. The van der Waals surface area contributed by atoms with E-state index in [4.69, 9.17) is 9.47 Å². The maximum atomic E-state index is 12.8. The molecule has 224 valence electrons. The van der Waals surface area contributed by atoms with Crippen molar-refractivity contribution in [2.24, 2.45) is 11.8 Å². The molecule has 7 heteroatoms. The van der Waals surface area contributed by atoms with Crippen molar-refractivity contribution in [3.8, 4) is 0 Å². The van der Waals surface area contributed by atoms with Gasteiger partial charge in [-0.2, -0.15) is 0 Å². The van der Waals surface area contributed by atoms with E-state index in [2.05, 4.69) is 33.4 Å². The number of esters is 2. The van der Waals surface area contributed by atoms with Crippen molar-refractivity contribution in [3.63, 3.8) is 0 Å². The van der Waals surface area contributed by atoms with Crippen LogP contribution in [0.4, 0.5) is 0 Å². The van der Waals surface area contributed by atoms with Gasteiger partial charge in [-0.05, 0) is 32.6 Å². The van der Waals surface area contributed by atoms with Crippen molar-refractivity contribution in [2.75, 3.05) is 26.3 Å². The Morgan fingerprint density at radius 1 is 0.605 bits per heavy atom. The molecule has 0 fully saturated rings. The quantitative estimate of drug-likeness (QED) is 0.111. The van der Waals surface area contributed by atoms with Crippen LogP contribution in [0, 0.1) is 11.8 Å². The number of amides is 1. The number of nitrogens with zero attached hydrogens (tertiary/aromatic N) is 1. The van der Waals surface area contributed by atoms with E-state index >= 15 is 0 Å². The molecule has 7 nitrogen and oxygen atoms in total. The second-order valence-electron chi connectivity index (χ2n) is 10.9. The molecule has 0 radical (unpaired) electrons. The number of quaternary nitrogens is 1. The van der Waals surface area contributed by atoms with E-state index in [9.17, 15) is 14.4 Å². The Kier molecular flexibility index (Phi) is 23.4. The third-order valence-electron chi connectivity index (χ3n) is 7.24. The highest BCUT2D eigenvalue weighted by Crippen LogP contribution is 2.20. The van der Waals surface area contributed by atoms with Crippen LogP contribution in [0.1, 0.15) is 137 Å². The number of unbranched alkanes of at least 4 members (excludes halogenated alkanes) is 8. The molecule has 0 aliphatic heterocycles. The summed E-state index contributed by atoms with van der Waals surface area (Å²) in [5, 5.41) is 0. The second-order valence-corrected chi connectivity index (χ2v) is 10.9. The Balaban J connectivity index is 4.86. The fraction of sp³-hybridized carbons (Fsp3) is 0.903. The Morgan fingerprint density at radius 2 is 0.921 bits per heavy atom. The van der Waals surface area contributed by atoms with Crippen LogP contribution in [0.5, 0.6) is 0 Å². The monoisotopic (exact) mass is 541 g/mol. The number of carbonyl (C=O) groups excluding carboxylic acids is 3. The molecule has 1 atom stereocenters. The zero-order valence-corrected chi connectivity index (χ0v) is 25.6. The fourth-order valence-electron chi connectivity index (χ4n) is 4.72. The second kappa shape index (κ2) is 24.4. The summed E-state index contributed by atoms with van der Waals surface area (Å²) in [7, 11) is 0. The first-order valence-electron chi connectivity index (χ1n) is 15.8. The van der Waals surface area contributed by atoms with Crippen LogP contribution in [-0.2, 0) is 23.9 Å². The van der Waals surface area contributed by atoms with Crippen molar-refractivity contribution in [1.29, 1.82) is 0 Å². The van der Waals surface area contributed by atoms with E-state index in [1.807, 2.05) is 0 Å². The van der Waals surface area contributed by atoms with E-state index in [1.54, 1.807) is 11.8 Å². The van der Waals surface area contributed by atoms with E-state index < -0.39 is 6.04 Å². The van der Waals surface area contributed by atoms with E-state index in [-0.39, 0.29) is 56.0 Å². The van der Waals surface area contributed by atoms with Gasteiger partial charge in [-0.15, -0.1) is 0 Å². The van der Waals surface area contributed by atoms with Gasteiger partial charge in [0, 0.05) is 0 Å². The summed E-state index contributed by atoms with van der Waals surface area (Å²) in [6.45, 7) is 11.3. The maximum Gasteiger partial charge on any atom is 0.308 e. The van der Waals surface area contributed by atoms with Gasteiger partial charge in [0.05, 0.1) is 24.9 Å². The minimum atomic E-state index is -0.423.